The summed E-state index contributed by atoms with van der Waals surface area (Å²) in [6.45, 7) is -0.602. The summed E-state index contributed by atoms with van der Waals surface area (Å²) in [6.07, 6.45) is 0. The molecule has 0 saturated heterocycles. The molecule has 1 aromatic heterocycles. The topological polar surface area (TPSA) is 141 Å². The van der Waals surface area contributed by atoms with Crippen LogP contribution in [0.5, 0.6) is 11.5 Å². The number of methoxy groups -OCH3 is 2. The number of carbonyl (C=O) groups is 3. The molecule has 2 heterocycles. The first-order valence-electron chi connectivity index (χ1n) is 9.45. The number of nitro benzene ring substituents is 1. The number of hydrogen-bond acceptors (Lipinski definition) is 9. The van der Waals surface area contributed by atoms with Gasteiger partial charge in [-0.25, -0.2) is 4.98 Å². The van der Waals surface area contributed by atoms with Crippen LogP contribution in [0.4, 0.5) is 10.8 Å². The van der Waals surface area contributed by atoms with E-state index in [1.165, 1.54) is 26.4 Å². The maximum atomic E-state index is 12.6. The molecular formula is C21H16N4O7S. The second-order valence-corrected chi connectivity index (χ2v) is 7.67. The zero-order valence-electron chi connectivity index (χ0n) is 17.4. The van der Waals surface area contributed by atoms with Crippen LogP contribution in [0.2, 0.25) is 0 Å². The first kappa shape index (κ1) is 21.9. The van der Waals surface area contributed by atoms with Gasteiger partial charge in [0.05, 0.1) is 30.4 Å². The van der Waals surface area contributed by atoms with Crippen molar-refractivity contribution >= 4 is 39.9 Å². The third kappa shape index (κ3) is 3.99. The van der Waals surface area contributed by atoms with E-state index >= 15 is 0 Å². The molecule has 33 heavy (non-hydrogen) atoms. The van der Waals surface area contributed by atoms with Gasteiger partial charge < -0.3 is 14.8 Å². The summed E-state index contributed by atoms with van der Waals surface area (Å²) < 4.78 is 10.5. The molecule has 2 aromatic carbocycles. The Labute approximate surface area is 190 Å². The second-order valence-electron chi connectivity index (χ2n) is 6.81. The number of nitro groups is 1. The number of fused-ring (bicyclic) bond motifs is 1. The molecule has 1 N–H and O–H groups in total. The number of amides is 3. The van der Waals surface area contributed by atoms with Gasteiger partial charge in [-0.1, -0.05) is 6.07 Å². The number of carbonyl (C=O) groups excluding carboxylic acids is 3. The molecule has 0 fully saturated rings. The number of anilines is 1. The van der Waals surface area contributed by atoms with Gasteiger partial charge >= 0.3 is 0 Å². The number of hydrogen-bond donors (Lipinski definition) is 1. The quantitative estimate of drug-likeness (QED) is 0.317. The van der Waals surface area contributed by atoms with Crippen LogP contribution in [-0.4, -0.2) is 53.3 Å². The number of ether oxygens (including phenoxy) is 2. The van der Waals surface area contributed by atoms with E-state index in [1.807, 2.05) is 0 Å². The Morgan fingerprint density at radius 2 is 1.91 bits per heavy atom. The first-order chi connectivity index (χ1) is 15.8. The third-order valence-electron chi connectivity index (χ3n) is 4.91. The standard InChI is InChI=1S/C21H16N4O7S/c1-31-15-7-6-11(8-16(15)32-2)13-10-33-21(22-13)23-17(26)9-24-19(27)12-4-3-5-14(25(29)30)18(12)20(24)28/h3-8,10H,9H2,1-2H3,(H,22,23,26). The van der Waals surface area contributed by atoms with Crippen LogP contribution >= 0.6 is 11.3 Å². The van der Waals surface area contributed by atoms with Crippen LogP contribution in [0.3, 0.4) is 0 Å². The Kier molecular flexibility index (Phi) is 5.75. The van der Waals surface area contributed by atoms with Gasteiger partial charge in [-0.2, -0.15) is 0 Å². The van der Waals surface area contributed by atoms with Gasteiger partial charge in [0.2, 0.25) is 5.91 Å². The molecular weight excluding hydrogens is 452 g/mol. The predicted octanol–water partition coefficient (Wildman–Crippen LogP) is 2.97. The Morgan fingerprint density at radius 3 is 2.61 bits per heavy atom. The lowest BCUT2D eigenvalue weighted by Gasteiger charge is -2.12. The van der Waals surface area contributed by atoms with Crippen molar-refractivity contribution in [1.29, 1.82) is 0 Å². The largest absolute Gasteiger partial charge is 0.493 e. The molecule has 3 aromatic rings. The lowest BCUT2D eigenvalue weighted by molar-refractivity contribution is -0.385. The minimum Gasteiger partial charge on any atom is -0.493 e. The average molecular weight is 468 g/mol. The number of aromatic nitrogens is 1. The molecule has 0 aliphatic carbocycles. The maximum Gasteiger partial charge on any atom is 0.282 e. The number of thiazole rings is 1. The zero-order valence-corrected chi connectivity index (χ0v) is 18.2. The first-order valence-corrected chi connectivity index (χ1v) is 10.3. The van der Waals surface area contributed by atoms with Gasteiger partial charge in [-0.3, -0.25) is 29.4 Å². The summed E-state index contributed by atoms with van der Waals surface area (Å²) in [4.78, 5) is 53.1. The van der Waals surface area contributed by atoms with Crippen molar-refractivity contribution in [2.45, 2.75) is 0 Å². The normalized spacial score (nSPS) is 12.5. The Bertz CT molecular complexity index is 1300. The van der Waals surface area contributed by atoms with E-state index < -0.39 is 34.9 Å². The van der Waals surface area contributed by atoms with E-state index in [4.69, 9.17) is 9.47 Å². The van der Waals surface area contributed by atoms with Crippen molar-refractivity contribution in [3.05, 3.63) is 63.0 Å². The summed E-state index contributed by atoms with van der Waals surface area (Å²) in [7, 11) is 3.04. The van der Waals surface area contributed by atoms with Crippen molar-refractivity contribution in [3.63, 3.8) is 0 Å². The number of rotatable bonds is 7. The van der Waals surface area contributed by atoms with Crippen LogP contribution in [0.25, 0.3) is 11.3 Å². The molecule has 1 aliphatic heterocycles. The molecule has 3 amide bonds. The van der Waals surface area contributed by atoms with Gasteiger partial charge in [0.25, 0.3) is 17.5 Å². The molecule has 1 aliphatic rings. The third-order valence-corrected chi connectivity index (χ3v) is 5.66. The molecule has 0 bridgehead atoms. The van der Waals surface area contributed by atoms with E-state index in [1.54, 1.807) is 23.6 Å². The van der Waals surface area contributed by atoms with Crippen molar-refractivity contribution in [3.8, 4) is 22.8 Å². The molecule has 0 atom stereocenters. The van der Waals surface area contributed by atoms with Crippen molar-refractivity contribution in [2.75, 3.05) is 26.1 Å². The second kappa shape index (κ2) is 8.67. The minimum absolute atomic E-state index is 0.105. The van der Waals surface area contributed by atoms with Gasteiger partial charge in [0.1, 0.15) is 12.1 Å². The van der Waals surface area contributed by atoms with Gasteiger partial charge in [-0.05, 0) is 24.3 Å². The average Bonchev–Trinajstić information content (AvgIpc) is 3.37. The highest BCUT2D eigenvalue weighted by molar-refractivity contribution is 7.14. The SMILES string of the molecule is COc1ccc(-c2csc(NC(=O)CN3C(=O)c4cccc([N+](=O)[O-])c4C3=O)n2)cc1OC. The molecule has 4 rings (SSSR count). The van der Waals surface area contributed by atoms with Crippen molar-refractivity contribution in [2.24, 2.45) is 0 Å². The molecule has 168 valence electrons. The number of benzene rings is 2. The van der Waals surface area contributed by atoms with E-state index in [0.29, 0.717) is 22.1 Å². The minimum atomic E-state index is -0.886. The molecule has 11 nitrogen and oxygen atoms in total. The fourth-order valence-electron chi connectivity index (χ4n) is 3.37. The van der Waals surface area contributed by atoms with E-state index in [0.717, 1.165) is 23.0 Å². The Hall–Kier alpha value is -4.32. The summed E-state index contributed by atoms with van der Waals surface area (Å²) in [6, 6.07) is 9.03. The van der Waals surface area contributed by atoms with Crippen LogP contribution < -0.4 is 14.8 Å². The van der Waals surface area contributed by atoms with Crippen molar-refractivity contribution < 1.29 is 28.8 Å². The van der Waals surface area contributed by atoms with E-state index in [2.05, 4.69) is 10.3 Å². The number of imide groups is 1. The lowest BCUT2D eigenvalue weighted by Crippen LogP contribution is -2.37. The van der Waals surface area contributed by atoms with E-state index in [-0.39, 0.29) is 16.3 Å². The van der Waals surface area contributed by atoms with Gasteiger partial charge in [0.15, 0.2) is 16.6 Å². The highest BCUT2D eigenvalue weighted by Gasteiger charge is 2.41. The highest BCUT2D eigenvalue weighted by Crippen LogP contribution is 2.34. The Morgan fingerprint density at radius 1 is 1.15 bits per heavy atom. The molecule has 0 unspecified atom stereocenters. The van der Waals surface area contributed by atoms with Gasteiger partial charge in [0, 0.05) is 17.0 Å². The van der Waals surface area contributed by atoms with Crippen molar-refractivity contribution in [1.82, 2.24) is 9.88 Å². The monoisotopic (exact) mass is 468 g/mol. The fraction of sp³-hybridized carbons (Fsp3) is 0.143. The van der Waals surface area contributed by atoms with Crippen LogP contribution in [0, 0.1) is 10.1 Å². The summed E-state index contributed by atoms with van der Waals surface area (Å²) in [5, 5.41) is 15.7. The van der Waals surface area contributed by atoms with E-state index in [9.17, 15) is 24.5 Å². The van der Waals surface area contributed by atoms with Gasteiger partial charge in [-0.15, -0.1) is 11.3 Å². The molecule has 0 radical (unpaired) electrons. The lowest BCUT2D eigenvalue weighted by atomic mass is 10.1. The van der Waals surface area contributed by atoms with Crippen LogP contribution in [0.1, 0.15) is 20.7 Å². The number of nitrogens with zero attached hydrogens (tertiary/aromatic N) is 3. The smallest absolute Gasteiger partial charge is 0.282 e. The maximum absolute atomic E-state index is 12.6. The summed E-state index contributed by atoms with van der Waals surface area (Å²) in [5.41, 5.74) is 0.412. The summed E-state index contributed by atoms with van der Waals surface area (Å²) in [5.74, 6) is -1.23. The fourth-order valence-corrected chi connectivity index (χ4v) is 4.11. The zero-order chi connectivity index (χ0) is 23.7. The number of nitrogens with one attached hydrogen (secondary N) is 1. The van der Waals surface area contributed by atoms with Crippen LogP contribution in [0.15, 0.2) is 41.8 Å². The Balaban J connectivity index is 1.48. The highest BCUT2D eigenvalue weighted by atomic mass is 32.1. The predicted molar refractivity (Wildman–Crippen MR) is 118 cm³/mol. The summed E-state index contributed by atoms with van der Waals surface area (Å²) >= 11 is 1.16. The molecule has 12 heteroatoms. The van der Waals surface area contributed by atoms with Crippen LogP contribution in [-0.2, 0) is 4.79 Å². The molecule has 0 saturated carbocycles. The molecule has 0 spiro atoms.